The Morgan fingerprint density at radius 1 is 1.11 bits per heavy atom. The smallest absolute Gasteiger partial charge is 0.0375 e. The predicted molar refractivity (Wildman–Crippen MR) is 79.6 cm³/mol. The summed E-state index contributed by atoms with van der Waals surface area (Å²) in [5.74, 6) is 0. The maximum atomic E-state index is 3.62. The fourth-order valence-corrected chi connectivity index (χ4v) is 3.43. The van der Waals surface area contributed by atoms with Gasteiger partial charge in [0.2, 0.25) is 0 Å². The molecule has 1 heterocycles. The van der Waals surface area contributed by atoms with Crippen LogP contribution in [0.4, 0.5) is 5.69 Å². The van der Waals surface area contributed by atoms with Gasteiger partial charge in [0.25, 0.3) is 0 Å². The van der Waals surface area contributed by atoms with Crippen LogP contribution in [0.3, 0.4) is 0 Å². The monoisotopic (exact) mass is 257 g/mol. The summed E-state index contributed by atoms with van der Waals surface area (Å²) in [6.07, 6.45) is 6.32. The predicted octanol–water partition coefficient (Wildman–Crippen LogP) is 4.28. The lowest BCUT2D eigenvalue weighted by Crippen LogP contribution is -2.10. The van der Waals surface area contributed by atoms with Gasteiger partial charge in [-0.15, -0.1) is 0 Å². The fraction of sp³-hybridized carbons (Fsp3) is 0.375. The van der Waals surface area contributed by atoms with Gasteiger partial charge in [0.1, 0.15) is 0 Å². The van der Waals surface area contributed by atoms with Crippen LogP contribution >= 0.6 is 11.3 Å². The average Bonchev–Trinajstić information content (AvgIpc) is 2.92. The zero-order valence-electron chi connectivity index (χ0n) is 10.6. The Kier molecular flexibility index (Phi) is 3.65. The quantitative estimate of drug-likeness (QED) is 0.862. The summed E-state index contributed by atoms with van der Waals surface area (Å²) in [6.45, 7) is 1.03. The number of aryl methyl sites for hydroxylation is 1. The highest BCUT2D eigenvalue weighted by molar-refractivity contribution is 7.07. The van der Waals surface area contributed by atoms with Crippen molar-refractivity contribution in [3.8, 4) is 0 Å². The Balaban J connectivity index is 1.65. The van der Waals surface area contributed by atoms with Gasteiger partial charge in [-0.1, -0.05) is 12.1 Å². The molecule has 18 heavy (non-hydrogen) atoms. The summed E-state index contributed by atoms with van der Waals surface area (Å²) in [7, 11) is 0. The molecular weight excluding hydrogens is 238 g/mol. The van der Waals surface area contributed by atoms with Gasteiger partial charge in [0.15, 0.2) is 0 Å². The molecule has 0 aliphatic heterocycles. The molecule has 0 atom stereocenters. The van der Waals surface area contributed by atoms with Crippen molar-refractivity contribution in [2.75, 3.05) is 11.9 Å². The second-order valence-electron chi connectivity index (χ2n) is 4.96. The number of hydrogen-bond acceptors (Lipinski definition) is 2. The van der Waals surface area contributed by atoms with Crippen LogP contribution in [0.5, 0.6) is 0 Å². The van der Waals surface area contributed by atoms with Gasteiger partial charge < -0.3 is 5.32 Å². The Morgan fingerprint density at radius 2 is 2.06 bits per heavy atom. The molecule has 94 valence electrons. The highest BCUT2D eigenvalue weighted by atomic mass is 32.1. The minimum absolute atomic E-state index is 1.03. The van der Waals surface area contributed by atoms with Crippen molar-refractivity contribution in [3.63, 3.8) is 0 Å². The van der Waals surface area contributed by atoms with E-state index in [4.69, 9.17) is 0 Å². The van der Waals surface area contributed by atoms with Crippen LogP contribution in [0.1, 0.15) is 29.5 Å². The van der Waals surface area contributed by atoms with E-state index in [0.29, 0.717) is 0 Å². The first-order chi connectivity index (χ1) is 8.93. The lowest BCUT2D eigenvalue weighted by atomic mass is 9.90. The van der Waals surface area contributed by atoms with Crippen LogP contribution in [0.15, 0.2) is 35.0 Å². The van der Waals surface area contributed by atoms with Crippen LogP contribution in [0.25, 0.3) is 0 Å². The summed E-state index contributed by atoms with van der Waals surface area (Å²) >= 11 is 1.78. The molecule has 0 radical (unpaired) electrons. The van der Waals surface area contributed by atoms with E-state index in [0.717, 1.165) is 13.0 Å². The zero-order chi connectivity index (χ0) is 12.2. The Bertz CT molecular complexity index is 502. The topological polar surface area (TPSA) is 12.0 Å². The number of nitrogens with one attached hydrogen (secondary N) is 1. The molecule has 1 nitrogen and oxygen atoms in total. The third-order valence-electron chi connectivity index (χ3n) is 3.71. The first kappa shape index (κ1) is 11.8. The summed E-state index contributed by atoms with van der Waals surface area (Å²) in [6, 6.07) is 8.93. The van der Waals surface area contributed by atoms with Gasteiger partial charge in [-0.05, 0) is 71.7 Å². The largest absolute Gasteiger partial charge is 0.384 e. The molecule has 0 saturated carbocycles. The van der Waals surface area contributed by atoms with Crippen LogP contribution in [0.2, 0.25) is 0 Å². The van der Waals surface area contributed by atoms with Gasteiger partial charge >= 0.3 is 0 Å². The van der Waals surface area contributed by atoms with Crippen LogP contribution in [0, 0.1) is 0 Å². The molecule has 0 unspecified atom stereocenters. The Morgan fingerprint density at radius 3 is 2.94 bits per heavy atom. The number of fused-ring (bicyclic) bond motifs is 1. The van der Waals surface area contributed by atoms with E-state index in [1.807, 2.05) is 0 Å². The van der Waals surface area contributed by atoms with Gasteiger partial charge in [0, 0.05) is 12.2 Å². The Labute approximate surface area is 113 Å². The highest BCUT2D eigenvalue weighted by Crippen LogP contribution is 2.27. The fourth-order valence-electron chi connectivity index (χ4n) is 2.72. The van der Waals surface area contributed by atoms with E-state index in [1.165, 1.54) is 36.9 Å². The lowest BCUT2D eigenvalue weighted by Gasteiger charge is -2.20. The van der Waals surface area contributed by atoms with Crippen molar-refractivity contribution >= 4 is 17.0 Å². The number of hydrogen-bond donors (Lipinski definition) is 1. The third-order valence-corrected chi connectivity index (χ3v) is 4.44. The first-order valence-electron chi connectivity index (χ1n) is 6.79. The minimum atomic E-state index is 1.03. The van der Waals surface area contributed by atoms with Crippen LogP contribution in [-0.2, 0) is 19.3 Å². The molecule has 2 heteroatoms. The Hall–Kier alpha value is -1.28. The van der Waals surface area contributed by atoms with Crippen molar-refractivity contribution in [3.05, 3.63) is 51.7 Å². The molecule has 1 aromatic heterocycles. The maximum absolute atomic E-state index is 3.62. The van der Waals surface area contributed by atoms with E-state index in [9.17, 15) is 0 Å². The molecule has 0 spiro atoms. The second-order valence-corrected chi connectivity index (χ2v) is 5.74. The number of benzene rings is 1. The van der Waals surface area contributed by atoms with Crippen molar-refractivity contribution in [2.24, 2.45) is 0 Å². The molecule has 2 aromatic rings. The van der Waals surface area contributed by atoms with E-state index >= 15 is 0 Å². The van der Waals surface area contributed by atoms with E-state index in [-0.39, 0.29) is 0 Å². The molecule has 3 rings (SSSR count). The molecule has 0 bridgehead atoms. The van der Waals surface area contributed by atoms with Crippen molar-refractivity contribution < 1.29 is 0 Å². The molecule has 1 aliphatic carbocycles. The molecular formula is C16H19NS. The van der Waals surface area contributed by atoms with Crippen LogP contribution < -0.4 is 5.32 Å². The van der Waals surface area contributed by atoms with Gasteiger partial charge in [-0.2, -0.15) is 11.3 Å². The molecule has 0 saturated heterocycles. The normalized spacial score (nSPS) is 14.2. The second kappa shape index (κ2) is 5.57. The van der Waals surface area contributed by atoms with Gasteiger partial charge in [-0.3, -0.25) is 0 Å². The molecule has 1 N–H and O–H groups in total. The summed E-state index contributed by atoms with van der Waals surface area (Å²) in [4.78, 5) is 0. The van der Waals surface area contributed by atoms with Crippen molar-refractivity contribution in [1.29, 1.82) is 0 Å². The van der Waals surface area contributed by atoms with Crippen molar-refractivity contribution in [1.82, 2.24) is 0 Å². The average molecular weight is 257 g/mol. The first-order valence-corrected chi connectivity index (χ1v) is 7.73. The van der Waals surface area contributed by atoms with E-state index in [2.05, 4.69) is 40.3 Å². The molecule has 1 aliphatic rings. The van der Waals surface area contributed by atoms with Gasteiger partial charge in [-0.25, -0.2) is 0 Å². The van der Waals surface area contributed by atoms with Crippen molar-refractivity contribution in [2.45, 2.75) is 32.1 Å². The summed E-state index contributed by atoms with van der Waals surface area (Å²) in [5, 5.41) is 8.01. The SMILES string of the molecule is c1cc2c(c(NCCc3ccsc3)c1)CCCC2. The van der Waals surface area contributed by atoms with Gasteiger partial charge in [0.05, 0.1) is 0 Å². The number of rotatable bonds is 4. The standard InChI is InChI=1S/C16H19NS/c1-2-6-15-14(4-1)5-3-7-16(15)17-10-8-13-9-11-18-12-13/h3,5,7,9,11-12,17H,1-2,4,6,8,10H2. The molecule has 1 aromatic carbocycles. The molecule has 0 amide bonds. The third kappa shape index (κ3) is 2.59. The maximum Gasteiger partial charge on any atom is 0.0375 e. The van der Waals surface area contributed by atoms with Crippen LogP contribution in [-0.4, -0.2) is 6.54 Å². The van der Waals surface area contributed by atoms with E-state index < -0.39 is 0 Å². The summed E-state index contributed by atoms with van der Waals surface area (Å²) < 4.78 is 0. The minimum Gasteiger partial charge on any atom is -0.384 e. The molecule has 0 fully saturated rings. The summed E-state index contributed by atoms with van der Waals surface area (Å²) in [5.41, 5.74) is 5.93. The van der Waals surface area contributed by atoms with E-state index in [1.54, 1.807) is 22.5 Å². The highest BCUT2D eigenvalue weighted by Gasteiger charge is 2.12. The zero-order valence-corrected chi connectivity index (χ0v) is 11.4. The number of thiophene rings is 1. The lowest BCUT2D eigenvalue weighted by molar-refractivity contribution is 0.686. The number of anilines is 1.